The fourth-order valence-corrected chi connectivity index (χ4v) is 3.28. The third-order valence-corrected chi connectivity index (χ3v) is 4.97. The highest BCUT2D eigenvalue weighted by Crippen LogP contribution is 2.31. The van der Waals surface area contributed by atoms with Gasteiger partial charge in [-0.3, -0.25) is 24.1 Å². The molecular weight excluding hydrogens is 440 g/mol. The lowest BCUT2D eigenvalue weighted by Crippen LogP contribution is -2.36. The van der Waals surface area contributed by atoms with Crippen molar-refractivity contribution in [2.24, 2.45) is 0 Å². The van der Waals surface area contributed by atoms with Crippen molar-refractivity contribution < 1.29 is 28.7 Å². The zero-order chi connectivity index (χ0) is 25.0. The van der Waals surface area contributed by atoms with Crippen LogP contribution in [0, 0.1) is 0 Å². The Balaban J connectivity index is 1.74. The minimum Gasteiger partial charge on any atom is -0.464 e. The first-order valence-corrected chi connectivity index (χ1v) is 10.0. The van der Waals surface area contributed by atoms with Crippen LogP contribution in [-0.4, -0.2) is 41.6 Å². The molecule has 4 amide bonds. The van der Waals surface area contributed by atoms with Crippen LogP contribution in [0.2, 0.25) is 0 Å². The minimum absolute atomic E-state index is 0.0109. The number of methoxy groups -OCH3 is 1. The standard InChI is InChI=1S/C24H22N4O6/c1-13(24(33)34-4)25-21(30)14(2)28-12-19-18(23(28)32)6-5-7-20(19)27-22(31)16-8-10-17(11-9-16)26-15(3)29/h5-11H,1-2,12H2,3-4H3,(H,25,30)(H,26,29)(H,27,31). The average molecular weight is 462 g/mol. The zero-order valence-electron chi connectivity index (χ0n) is 18.6. The molecule has 3 rings (SSSR count). The van der Waals surface area contributed by atoms with Crippen molar-refractivity contribution in [3.63, 3.8) is 0 Å². The van der Waals surface area contributed by atoms with Crippen LogP contribution in [0.1, 0.15) is 33.2 Å². The third kappa shape index (κ3) is 5.01. The van der Waals surface area contributed by atoms with Gasteiger partial charge in [0.2, 0.25) is 5.91 Å². The first-order valence-electron chi connectivity index (χ1n) is 10.0. The Kier molecular flexibility index (Phi) is 6.91. The summed E-state index contributed by atoms with van der Waals surface area (Å²) >= 11 is 0. The van der Waals surface area contributed by atoms with Crippen molar-refractivity contribution in [1.82, 2.24) is 10.2 Å². The first kappa shape index (κ1) is 23.9. The molecule has 34 heavy (non-hydrogen) atoms. The van der Waals surface area contributed by atoms with Gasteiger partial charge in [-0.2, -0.15) is 0 Å². The molecule has 174 valence electrons. The van der Waals surface area contributed by atoms with Gasteiger partial charge in [0.1, 0.15) is 11.4 Å². The molecule has 3 N–H and O–H groups in total. The normalized spacial score (nSPS) is 11.8. The number of amides is 4. The average Bonchev–Trinajstić information content (AvgIpc) is 3.15. The molecule has 0 saturated carbocycles. The predicted octanol–water partition coefficient (Wildman–Crippen LogP) is 2.17. The SMILES string of the molecule is C=C(NC(=O)C(=C)N1Cc2c(NC(=O)c3ccc(NC(C)=O)cc3)cccc2C1=O)C(=O)OC. The topological polar surface area (TPSA) is 134 Å². The molecule has 1 heterocycles. The number of hydrogen-bond acceptors (Lipinski definition) is 6. The molecule has 0 radical (unpaired) electrons. The molecule has 10 nitrogen and oxygen atoms in total. The van der Waals surface area contributed by atoms with E-state index in [2.05, 4.69) is 33.8 Å². The van der Waals surface area contributed by atoms with Crippen LogP contribution < -0.4 is 16.0 Å². The van der Waals surface area contributed by atoms with Gasteiger partial charge in [-0.05, 0) is 36.4 Å². The van der Waals surface area contributed by atoms with Crippen LogP contribution in [0.15, 0.2) is 67.0 Å². The van der Waals surface area contributed by atoms with Crippen molar-refractivity contribution in [3.8, 4) is 0 Å². The molecule has 2 aromatic carbocycles. The highest BCUT2D eigenvalue weighted by Gasteiger charge is 2.34. The number of anilines is 2. The lowest BCUT2D eigenvalue weighted by molar-refractivity contribution is -0.137. The van der Waals surface area contributed by atoms with E-state index in [9.17, 15) is 24.0 Å². The summed E-state index contributed by atoms with van der Waals surface area (Å²) in [6, 6.07) is 11.1. The van der Waals surface area contributed by atoms with E-state index in [0.717, 1.165) is 12.0 Å². The zero-order valence-corrected chi connectivity index (χ0v) is 18.6. The number of nitrogens with one attached hydrogen (secondary N) is 3. The number of carbonyl (C=O) groups is 5. The van der Waals surface area contributed by atoms with E-state index in [1.807, 2.05) is 0 Å². The lowest BCUT2D eigenvalue weighted by atomic mass is 10.1. The Morgan fingerprint density at radius 3 is 2.29 bits per heavy atom. The van der Waals surface area contributed by atoms with Crippen LogP contribution in [0.5, 0.6) is 0 Å². The molecule has 0 unspecified atom stereocenters. The van der Waals surface area contributed by atoms with Gasteiger partial charge in [-0.1, -0.05) is 19.2 Å². The van der Waals surface area contributed by atoms with Gasteiger partial charge in [-0.15, -0.1) is 0 Å². The number of ether oxygens (including phenoxy) is 1. The van der Waals surface area contributed by atoms with Gasteiger partial charge in [-0.25, -0.2) is 4.79 Å². The Bertz CT molecular complexity index is 1230. The maximum absolute atomic E-state index is 12.9. The minimum atomic E-state index is -0.827. The van der Waals surface area contributed by atoms with Gasteiger partial charge < -0.3 is 20.7 Å². The van der Waals surface area contributed by atoms with Crippen LogP contribution in [0.3, 0.4) is 0 Å². The molecular formula is C24H22N4O6. The van der Waals surface area contributed by atoms with Crippen LogP contribution >= 0.6 is 0 Å². The molecule has 0 spiro atoms. The van der Waals surface area contributed by atoms with E-state index in [1.165, 1.54) is 6.92 Å². The van der Waals surface area contributed by atoms with Crippen molar-refractivity contribution >= 4 is 41.0 Å². The summed E-state index contributed by atoms with van der Waals surface area (Å²) in [6.45, 7) is 8.44. The summed E-state index contributed by atoms with van der Waals surface area (Å²) in [6.07, 6.45) is 0. The summed E-state index contributed by atoms with van der Waals surface area (Å²) in [5.41, 5.74) is 1.62. The number of hydrogen-bond donors (Lipinski definition) is 3. The molecule has 0 atom stereocenters. The second kappa shape index (κ2) is 9.82. The Labute approximate surface area is 195 Å². The molecule has 2 aromatic rings. The molecule has 10 heteroatoms. The first-order chi connectivity index (χ1) is 16.1. The van der Waals surface area contributed by atoms with Gasteiger partial charge in [0, 0.05) is 35.0 Å². The fourth-order valence-electron chi connectivity index (χ4n) is 3.28. The Morgan fingerprint density at radius 1 is 1.00 bits per heavy atom. The van der Waals surface area contributed by atoms with Crippen LogP contribution in [-0.2, 0) is 25.7 Å². The number of carbonyl (C=O) groups excluding carboxylic acids is 5. The number of nitrogens with zero attached hydrogens (tertiary/aromatic N) is 1. The Hall–Kier alpha value is -4.73. The molecule has 0 aromatic heterocycles. The summed E-state index contributed by atoms with van der Waals surface area (Å²) in [5, 5.41) is 7.63. The summed E-state index contributed by atoms with van der Waals surface area (Å²) in [5.74, 6) is -2.74. The summed E-state index contributed by atoms with van der Waals surface area (Å²) < 4.78 is 4.48. The second-order valence-electron chi connectivity index (χ2n) is 7.31. The van der Waals surface area contributed by atoms with Crippen molar-refractivity contribution in [1.29, 1.82) is 0 Å². The number of benzene rings is 2. The maximum atomic E-state index is 12.9. The van der Waals surface area contributed by atoms with E-state index >= 15 is 0 Å². The molecule has 0 bridgehead atoms. The van der Waals surface area contributed by atoms with Crippen molar-refractivity contribution in [2.75, 3.05) is 17.7 Å². The van der Waals surface area contributed by atoms with Gasteiger partial charge >= 0.3 is 5.97 Å². The van der Waals surface area contributed by atoms with Crippen molar-refractivity contribution in [3.05, 3.63) is 83.7 Å². The number of rotatable bonds is 7. The third-order valence-electron chi connectivity index (χ3n) is 4.97. The molecule has 0 aliphatic carbocycles. The van der Waals surface area contributed by atoms with E-state index < -0.39 is 23.7 Å². The van der Waals surface area contributed by atoms with E-state index in [1.54, 1.807) is 42.5 Å². The summed E-state index contributed by atoms with van der Waals surface area (Å²) in [7, 11) is 1.14. The molecule has 0 fully saturated rings. The Morgan fingerprint density at radius 2 is 1.68 bits per heavy atom. The highest BCUT2D eigenvalue weighted by molar-refractivity contribution is 6.10. The lowest BCUT2D eigenvalue weighted by Gasteiger charge is -2.18. The van der Waals surface area contributed by atoms with Gasteiger partial charge in [0.25, 0.3) is 17.7 Å². The van der Waals surface area contributed by atoms with E-state index in [0.29, 0.717) is 28.1 Å². The molecule has 1 aliphatic rings. The monoisotopic (exact) mass is 462 g/mol. The smallest absolute Gasteiger partial charge is 0.353 e. The van der Waals surface area contributed by atoms with Gasteiger partial charge in [0.15, 0.2) is 0 Å². The van der Waals surface area contributed by atoms with Crippen LogP contribution in [0.4, 0.5) is 11.4 Å². The molecule has 0 saturated heterocycles. The van der Waals surface area contributed by atoms with Gasteiger partial charge in [0.05, 0.1) is 13.7 Å². The second-order valence-corrected chi connectivity index (χ2v) is 7.31. The number of esters is 1. The van der Waals surface area contributed by atoms with E-state index in [-0.39, 0.29) is 23.8 Å². The van der Waals surface area contributed by atoms with Crippen molar-refractivity contribution in [2.45, 2.75) is 13.5 Å². The van der Waals surface area contributed by atoms with Crippen LogP contribution in [0.25, 0.3) is 0 Å². The number of fused-ring (bicyclic) bond motifs is 1. The fraction of sp³-hybridized carbons (Fsp3) is 0.125. The quantitative estimate of drug-likeness (QED) is 0.427. The maximum Gasteiger partial charge on any atom is 0.353 e. The largest absolute Gasteiger partial charge is 0.464 e. The summed E-state index contributed by atoms with van der Waals surface area (Å²) in [4.78, 5) is 61.8. The highest BCUT2D eigenvalue weighted by atomic mass is 16.5. The predicted molar refractivity (Wildman–Crippen MR) is 123 cm³/mol. The van der Waals surface area contributed by atoms with E-state index in [4.69, 9.17) is 0 Å². The molecule has 1 aliphatic heterocycles.